The molecular formula is C13H22ClN3O2. The molecule has 19 heavy (non-hydrogen) atoms. The number of hydrogen-bond acceptors (Lipinski definition) is 4. The van der Waals surface area contributed by atoms with Crippen LogP contribution in [0.25, 0.3) is 0 Å². The number of aromatic nitrogens is 1. The van der Waals surface area contributed by atoms with Crippen LogP contribution in [-0.2, 0) is 11.2 Å². The van der Waals surface area contributed by atoms with Crippen molar-refractivity contribution in [3.8, 4) is 0 Å². The molecule has 1 amide bonds. The highest BCUT2D eigenvalue weighted by molar-refractivity contribution is 5.85. The van der Waals surface area contributed by atoms with Gasteiger partial charge in [-0.15, -0.1) is 12.4 Å². The Balaban J connectivity index is 0.00000180. The van der Waals surface area contributed by atoms with E-state index in [0.29, 0.717) is 12.5 Å². The van der Waals surface area contributed by atoms with Gasteiger partial charge in [-0.2, -0.15) is 0 Å². The maximum atomic E-state index is 12.0. The Hall–Kier alpha value is -1.07. The first-order valence-electron chi connectivity index (χ1n) is 6.52. The van der Waals surface area contributed by atoms with Crippen molar-refractivity contribution in [2.45, 2.75) is 52.1 Å². The van der Waals surface area contributed by atoms with Gasteiger partial charge < -0.3 is 15.2 Å². The zero-order valence-electron chi connectivity index (χ0n) is 11.7. The van der Waals surface area contributed by atoms with E-state index in [1.54, 1.807) is 0 Å². The highest BCUT2D eigenvalue weighted by Crippen LogP contribution is 2.14. The summed E-state index contributed by atoms with van der Waals surface area (Å²) in [4.78, 5) is 12.0. The molecule has 1 saturated heterocycles. The molecule has 1 aromatic rings. The number of nitrogens with one attached hydrogen (secondary N) is 2. The third kappa shape index (κ3) is 3.94. The minimum absolute atomic E-state index is 0. The molecule has 0 aliphatic carbocycles. The Kier molecular flexibility index (Phi) is 5.82. The van der Waals surface area contributed by atoms with Crippen molar-refractivity contribution in [1.29, 1.82) is 0 Å². The SMILES string of the molecule is Cc1noc(C)c1CC(=O)NC1CCCNC1C.Cl. The van der Waals surface area contributed by atoms with E-state index < -0.39 is 0 Å². The van der Waals surface area contributed by atoms with Crippen molar-refractivity contribution in [3.05, 3.63) is 17.0 Å². The summed E-state index contributed by atoms with van der Waals surface area (Å²) in [6.07, 6.45) is 2.51. The number of carbonyl (C=O) groups is 1. The van der Waals surface area contributed by atoms with Crippen LogP contribution in [0.5, 0.6) is 0 Å². The minimum atomic E-state index is 0. The van der Waals surface area contributed by atoms with Crippen LogP contribution in [0, 0.1) is 13.8 Å². The van der Waals surface area contributed by atoms with Crippen LogP contribution in [0.3, 0.4) is 0 Å². The molecule has 2 heterocycles. The largest absolute Gasteiger partial charge is 0.361 e. The molecule has 2 rings (SSSR count). The smallest absolute Gasteiger partial charge is 0.224 e. The van der Waals surface area contributed by atoms with Gasteiger partial charge in [0.25, 0.3) is 0 Å². The van der Waals surface area contributed by atoms with Gasteiger partial charge in [-0.3, -0.25) is 4.79 Å². The van der Waals surface area contributed by atoms with Gasteiger partial charge in [-0.1, -0.05) is 5.16 Å². The van der Waals surface area contributed by atoms with Gasteiger partial charge in [0.1, 0.15) is 5.76 Å². The van der Waals surface area contributed by atoms with Crippen molar-refractivity contribution in [2.24, 2.45) is 0 Å². The predicted octanol–water partition coefficient (Wildman–Crippen LogP) is 1.51. The van der Waals surface area contributed by atoms with Gasteiger partial charge in [0.15, 0.2) is 0 Å². The first-order chi connectivity index (χ1) is 8.58. The first kappa shape index (κ1) is 16.0. The minimum Gasteiger partial charge on any atom is -0.361 e. The summed E-state index contributed by atoms with van der Waals surface area (Å²) in [5.41, 5.74) is 1.71. The molecule has 0 radical (unpaired) electrons. The first-order valence-corrected chi connectivity index (χ1v) is 6.52. The van der Waals surface area contributed by atoms with Crippen molar-refractivity contribution in [1.82, 2.24) is 15.8 Å². The Bertz CT molecular complexity index is 414. The van der Waals surface area contributed by atoms with E-state index in [-0.39, 0.29) is 24.4 Å². The van der Waals surface area contributed by atoms with Crippen molar-refractivity contribution in [2.75, 3.05) is 6.54 Å². The number of halogens is 1. The molecule has 0 bridgehead atoms. The van der Waals surface area contributed by atoms with Crippen molar-refractivity contribution in [3.63, 3.8) is 0 Å². The molecule has 5 nitrogen and oxygen atoms in total. The van der Waals surface area contributed by atoms with E-state index in [1.165, 1.54) is 0 Å². The zero-order valence-corrected chi connectivity index (χ0v) is 12.5. The van der Waals surface area contributed by atoms with Crippen LogP contribution in [0.4, 0.5) is 0 Å². The number of nitrogens with zero attached hydrogens (tertiary/aromatic N) is 1. The number of rotatable bonds is 3. The second kappa shape index (κ2) is 6.91. The second-order valence-corrected chi connectivity index (χ2v) is 5.04. The monoisotopic (exact) mass is 287 g/mol. The number of hydrogen-bond donors (Lipinski definition) is 2. The quantitative estimate of drug-likeness (QED) is 0.884. The third-order valence-electron chi connectivity index (χ3n) is 3.63. The van der Waals surface area contributed by atoms with E-state index >= 15 is 0 Å². The van der Waals surface area contributed by atoms with Crippen LogP contribution in [0.2, 0.25) is 0 Å². The maximum Gasteiger partial charge on any atom is 0.224 e. The summed E-state index contributed by atoms with van der Waals surface area (Å²) < 4.78 is 5.06. The van der Waals surface area contributed by atoms with Gasteiger partial charge in [0, 0.05) is 17.6 Å². The molecule has 0 saturated carbocycles. The molecule has 1 aliphatic rings. The molecule has 108 valence electrons. The highest BCUT2D eigenvalue weighted by atomic mass is 35.5. The topological polar surface area (TPSA) is 67.2 Å². The number of carbonyl (C=O) groups excluding carboxylic acids is 1. The molecule has 0 spiro atoms. The Morgan fingerprint density at radius 3 is 2.84 bits per heavy atom. The number of aryl methyl sites for hydroxylation is 2. The predicted molar refractivity (Wildman–Crippen MR) is 75.6 cm³/mol. The molecule has 2 N–H and O–H groups in total. The van der Waals surface area contributed by atoms with E-state index in [1.807, 2.05) is 13.8 Å². The molecule has 2 unspecified atom stereocenters. The van der Waals surface area contributed by atoms with Gasteiger partial charge in [-0.25, -0.2) is 0 Å². The molecule has 1 aromatic heterocycles. The fourth-order valence-corrected chi connectivity index (χ4v) is 2.41. The Morgan fingerprint density at radius 1 is 1.53 bits per heavy atom. The lowest BCUT2D eigenvalue weighted by Gasteiger charge is -2.30. The fourth-order valence-electron chi connectivity index (χ4n) is 2.41. The number of amides is 1. The molecule has 1 aliphatic heterocycles. The molecule has 1 fully saturated rings. The van der Waals surface area contributed by atoms with Gasteiger partial charge >= 0.3 is 0 Å². The lowest BCUT2D eigenvalue weighted by molar-refractivity contribution is -0.121. The molecule has 0 aromatic carbocycles. The number of piperidine rings is 1. The lowest BCUT2D eigenvalue weighted by Crippen LogP contribution is -2.52. The van der Waals surface area contributed by atoms with E-state index in [9.17, 15) is 4.79 Å². The van der Waals surface area contributed by atoms with Crippen LogP contribution in [0.1, 0.15) is 36.8 Å². The summed E-state index contributed by atoms with van der Waals surface area (Å²) in [6.45, 7) is 6.86. The second-order valence-electron chi connectivity index (χ2n) is 5.04. The van der Waals surface area contributed by atoms with E-state index in [2.05, 4.69) is 22.7 Å². The molecule has 2 atom stereocenters. The van der Waals surface area contributed by atoms with Crippen LogP contribution in [-0.4, -0.2) is 29.7 Å². The maximum absolute atomic E-state index is 12.0. The summed E-state index contributed by atoms with van der Waals surface area (Å²) in [5, 5.41) is 10.3. The standard InChI is InChI=1S/C13H21N3O2.ClH/c1-8-11(10(3)18-16-8)7-13(17)15-12-5-4-6-14-9(12)2;/h9,12,14H,4-7H2,1-3H3,(H,15,17);1H. The average molecular weight is 288 g/mol. The zero-order chi connectivity index (χ0) is 13.1. The molecular weight excluding hydrogens is 266 g/mol. The van der Waals surface area contributed by atoms with Crippen LogP contribution >= 0.6 is 12.4 Å². The van der Waals surface area contributed by atoms with E-state index in [0.717, 1.165) is 36.4 Å². The van der Waals surface area contributed by atoms with Crippen molar-refractivity contribution >= 4 is 18.3 Å². The van der Waals surface area contributed by atoms with Crippen LogP contribution < -0.4 is 10.6 Å². The average Bonchev–Trinajstić information content (AvgIpc) is 2.64. The van der Waals surface area contributed by atoms with Crippen molar-refractivity contribution < 1.29 is 9.32 Å². The summed E-state index contributed by atoms with van der Waals surface area (Å²) in [6, 6.07) is 0.569. The molecule has 6 heteroatoms. The van der Waals surface area contributed by atoms with Crippen LogP contribution in [0.15, 0.2) is 4.52 Å². The highest BCUT2D eigenvalue weighted by Gasteiger charge is 2.23. The summed E-state index contributed by atoms with van der Waals surface area (Å²) in [5.74, 6) is 0.780. The van der Waals surface area contributed by atoms with Gasteiger partial charge in [-0.05, 0) is 40.2 Å². The fraction of sp³-hybridized carbons (Fsp3) is 0.692. The third-order valence-corrected chi connectivity index (χ3v) is 3.63. The Morgan fingerprint density at radius 2 is 2.26 bits per heavy atom. The Labute approximate surface area is 119 Å². The summed E-state index contributed by atoms with van der Waals surface area (Å²) in [7, 11) is 0. The normalized spacial score (nSPS) is 22.7. The van der Waals surface area contributed by atoms with Gasteiger partial charge in [0.05, 0.1) is 12.1 Å². The lowest BCUT2D eigenvalue weighted by atomic mass is 9.99. The summed E-state index contributed by atoms with van der Waals surface area (Å²) >= 11 is 0. The van der Waals surface area contributed by atoms with Gasteiger partial charge in [0.2, 0.25) is 5.91 Å². The van der Waals surface area contributed by atoms with E-state index in [4.69, 9.17) is 4.52 Å².